The molecule has 0 amide bonds. The van der Waals surface area contributed by atoms with Crippen molar-refractivity contribution in [1.82, 2.24) is 0 Å². The van der Waals surface area contributed by atoms with Gasteiger partial charge in [-0.25, -0.2) is 4.39 Å². The maximum Gasteiger partial charge on any atom is 0.416 e. The van der Waals surface area contributed by atoms with Gasteiger partial charge in [0.2, 0.25) is 0 Å². The molecule has 1 atom stereocenters. The third kappa shape index (κ3) is 2.61. The molecule has 0 bridgehead atoms. The van der Waals surface area contributed by atoms with Gasteiger partial charge < -0.3 is 10.1 Å². The Hall–Kier alpha value is -1.95. The SMILES string of the molecule is COc1ccc(Cl)cc1[C@]1(F)CNc2cc(C(F)(F)F)ccc21. The quantitative estimate of drug-likeness (QED) is 0.773. The molecule has 0 spiro atoms. The van der Waals surface area contributed by atoms with Gasteiger partial charge in [-0.3, -0.25) is 0 Å². The molecule has 1 N–H and O–H groups in total. The van der Waals surface area contributed by atoms with Crippen LogP contribution in [0.3, 0.4) is 0 Å². The molecule has 7 heteroatoms. The van der Waals surface area contributed by atoms with E-state index in [0.29, 0.717) is 5.02 Å². The number of halogens is 5. The molecule has 0 aliphatic carbocycles. The molecule has 122 valence electrons. The number of fused-ring (bicyclic) bond motifs is 1. The normalized spacial score (nSPS) is 20.1. The number of nitrogens with one attached hydrogen (secondary N) is 1. The zero-order chi connectivity index (χ0) is 16.8. The van der Waals surface area contributed by atoms with Gasteiger partial charge in [0, 0.05) is 21.8 Å². The minimum atomic E-state index is -4.48. The lowest BCUT2D eigenvalue weighted by molar-refractivity contribution is -0.137. The molecule has 0 fully saturated rings. The molecule has 0 aromatic heterocycles. The van der Waals surface area contributed by atoms with E-state index in [9.17, 15) is 13.2 Å². The molecule has 1 aliphatic rings. The van der Waals surface area contributed by atoms with Crippen LogP contribution in [0.4, 0.5) is 23.2 Å². The van der Waals surface area contributed by atoms with E-state index in [1.54, 1.807) is 6.07 Å². The molecule has 0 saturated carbocycles. The van der Waals surface area contributed by atoms with Crippen LogP contribution in [0.15, 0.2) is 36.4 Å². The molecule has 2 aromatic rings. The van der Waals surface area contributed by atoms with Crippen molar-refractivity contribution >= 4 is 17.3 Å². The van der Waals surface area contributed by atoms with E-state index < -0.39 is 17.4 Å². The highest BCUT2D eigenvalue weighted by molar-refractivity contribution is 6.30. The fourth-order valence-corrected chi connectivity index (χ4v) is 2.93. The van der Waals surface area contributed by atoms with Crippen LogP contribution in [0.1, 0.15) is 16.7 Å². The van der Waals surface area contributed by atoms with E-state index in [2.05, 4.69) is 5.32 Å². The number of hydrogen-bond acceptors (Lipinski definition) is 2. The Morgan fingerprint density at radius 2 is 1.87 bits per heavy atom. The van der Waals surface area contributed by atoms with Crippen LogP contribution in [0.2, 0.25) is 5.02 Å². The topological polar surface area (TPSA) is 21.3 Å². The summed E-state index contributed by atoms with van der Waals surface area (Å²) in [5.74, 6) is 0.284. The molecular weight excluding hydrogens is 334 g/mol. The fourth-order valence-electron chi connectivity index (χ4n) is 2.75. The van der Waals surface area contributed by atoms with Crippen LogP contribution < -0.4 is 10.1 Å². The van der Waals surface area contributed by atoms with Crippen molar-refractivity contribution in [2.24, 2.45) is 0 Å². The molecule has 23 heavy (non-hydrogen) atoms. The lowest BCUT2D eigenvalue weighted by atomic mass is 9.88. The van der Waals surface area contributed by atoms with E-state index in [-0.39, 0.29) is 29.1 Å². The Morgan fingerprint density at radius 3 is 2.52 bits per heavy atom. The average molecular weight is 346 g/mol. The zero-order valence-corrected chi connectivity index (χ0v) is 12.7. The van der Waals surface area contributed by atoms with Crippen LogP contribution in [0.5, 0.6) is 5.75 Å². The largest absolute Gasteiger partial charge is 0.496 e. The summed E-state index contributed by atoms with van der Waals surface area (Å²) in [5, 5.41) is 3.02. The summed E-state index contributed by atoms with van der Waals surface area (Å²) in [4.78, 5) is 0. The molecule has 1 aliphatic heterocycles. The first-order valence-corrected chi connectivity index (χ1v) is 7.12. The van der Waals surface area contributed by atoms with Gasteiger partial charge in [0.15, 0.2) is 5.67 Å². The van der Waals surface area contributed by atoms with Crippen molar-refractivity contribution in [3.8, 4) is 5.75 Å². The second kappa shape index (κ2) is 5.30. The highest BCUT2D eigenvalue weighted by Crippen LogP contribution is 2.48. The predicted octanol–water partition coefficient (Wildman–Crippen LogP) is 5.01. The van der Waals surface area contributed by atoms with Crippen molar-refractivity contribution < 1.29 is 22.3 Å². The maximum atomic E-state index is 15.6. The monoisotopic (exact) mass is 345 g/mol. The molecule has 0 unspecified atom stereocenters. The average Bonchev–Trinajstić information content (AvgIpc) is 2.84. The standard InChI is InChI=1S/C16H12ClF4NO/c1-23-14-5-3-10(17)7-12(14)15(18)8-22-13-6-9(16(19,20)21)2-4-11(13)15/h2-7,22H,8H2,1H3/t15-/m0/s1. The summed E-state index contributed by atoms with van der Waals surface area (Å²) in [5.41, 5.74) is -2.42. The van der Waals surface area contributed by atoms with E-state index >= 15 is 4.39 Å². The van der Waals surface area contributed by atoms with E-state index in [4.69, 9.17) is 16.3 Å². The van der Waals surface area contributed by atoms with Gasteiger partial charge >= 0.3 is 6.18 Å². The number of hydrogen-bond donors (Lipinski definition) is 1. The fraction of sp³-hybridized carbons (Fsp3) is 0.250. The van der Waals surface area contributed by atoms with Crippen LogP contribution in [0.25, 0.3) is 0 Å². The van der Waals surface area contributed by atoms with Gasteiger partial charge in [-0.05, 0) is 30.3 Å². The first-order valence-electron chi connectivity index (χ1n) is 6.74. The summed E-state index contributed by atoms with van der Waals surface area (Å²) >= 11 is 5.93. The van der Waals surface area contributed by atoms with Gasteiger partial charge in [0.1, 0.15) is 5.75 Å². The third-order valence-electron chi connectivity index (χ3n) is 3.88. The van der Waals surface area contributed by atoms with Crippen LogP contribution in [-0.2, 0) is 11.8 Å². The first kappa shape index (κ1) is 15.9. The molecule has 0 saturated heterocycles. The highest BCUT2D eigenvalue weighted by atomic mass is 35.5. The van der Waals surface area contributed by atoms with E-state index in [1.165, 1.54) is 19.2 Å². The molecule has 2 nitrogen and oxygen atoms in total. The van der Waals surface area contributed by atoms with E-state index in [1.807, 2.05) is 0 Å². The first-order chi connectivity index (χ1) is 10.8. The smallest absolute Gasteiger partial charge is 0.416 e. The number of ether oxygens (including phenoxy) is 1. The van der Waals surface area contributed by atoms with Gasteiger partial charge in [-0.15, -0.1) is 0 Å². The lowest BCUT2D eigenvalue weighted by Gasteiger charge is -2.23. The van der Waals surface area contributed by atoms with Crippen molar-refractivity contribution in [2.75, 3.05) is 19.0 Å². The van der Waals surface area contributed by atoms with Crippen molar-refractivity contribution in [3.05, 3.63) is 58.1 Å². The third-order valence-corrected chi connectivity index (χ3v) is 4.12. The maximum absolute atomic E-state index is 15.6. The Morgan fingerprint density at radius 1 is 1.13 bits per heavy atom. The minimum absolute atomic E-state index is 0.115. The molecule has 2 aromatic carbocycles. The minimum Gasteiger partial charge on any atom is -0.496 e. The summed E-state index contributed by atoms with van der Waals surface area (Å²) in [6.45, 7) is -0.194. The second-order valence-corrected chi connectivity index (χ2v) is 5.69. The second-order valence-electron chi connectivity index (χ2n) is 5.26. The summed E-state index contributed by atoms with van der Waals surface area (Å²) in [6, 6.07) is 7.45. The lowest BCUT2D eigenvalue weighted by Crippen LogP contribution is -2.25. The van der Waals surface area contributed by atoms with Gasteiger partial charge in [0.25, 0.3) is 0 Å². The van der Waals surface area contributed by atoms with Gasteiger partial charge in [-0.2, -0.15) is 13.2 Å². The van der Waals surface area contributed by atoms with Gasteiger partial charge in [-0.1, -0.05) is 17.7 Å². The Labute approximate surface area is 135 Å². The van der Waals surface area contributed by atoms with Crippen LogP contribution in [0, 0.1) is 0 Å². The Bertz CT molecular complexity index is 762. The molecule has 0 radical (unpaired) electrons. The Balaban J connectivity index is 2.13. The summed E-state index contributed by atoms with van der Waals surface area (Å²) in [7, 11) is 1.39. The summed E-state index contributed by atoms with van der Waals surface area (Å²) in [6.07, 6.45) is -4.48. The molecule has 3 rings (SSSR count). The van der Waals surface area contributed by atoms with Crippen molar-refractivity contribution in [1.29, 1.82) is 0 Å². The number of methoxy groups -OCH3 is 1. The summed E-state index contributed by atoms with van der Waals surface area (Å²) < 4.78 is 59.1. The highest BCUT2D eigenvalue weighted by Gasteiger charge is 2.44. The Kier molecular flexibility index (Phi) is 3.67. The molecule has 1 heterocycles. The zero-order valence-electron chi connectivity index (χ0n) is 12.0. The van der Waals surface area contributed by atoms with E-state index in [0.717, 1.165) is 18.2 Å². The van der Waals surface area contributed by atoms with Gasteiger partial charge in [0.05, 0.1) is 19.2 Å². The van der Waals surface area contributed by atoms with Crippen LogP contribution >= 0.6 is 11.6 Å². The predicted molar refractivity (Wildman–Crippen MR) is 79.8 cm³/mol. The number of anilines is 1. The number of alkyl halides is 4. The van der Waals surface area contributed by atoms with Crippen molar-refractivity contribution in [2.45, 2.75) is 11.8 Å². The van der Waals surface area contributed by atoms with Crippen LogP contribution in [-0.4, -0.2) is 13.7 Å². The number of rotatable bonds is 2. The number of benzene rings is 2. The van der Waals surface area contributed by atoms with Crippen molar-refractivity contribution in [3.63, 3.8) is 0 Å². The molecular formula is C16H12ClF4NO.